The molecule has 1 saturated heterocycles. The Morgan fingerprint density at radius 1 is 1.53 bits per heavy atom. The van der Waals surface area contributed by atoms with Crippen molar-refractivity contribution in [2.24, 2.45) is 0 Å². The van der Waals surface area contributed by atoms with E-state index in [0.717, 1.165) is 24.8 Å². The molecule has 1 aromatic rings. The molecule has 2 unspecified atom stereocenters. The lowest BCUT2D eigenvalue weighted by Gasteiger charge is -2.35. The number of hydrogen-bond donors (Lipinski definition) is 1. The van der Waals surface area contributed by atoms with Gasteiger partial charge in [0.1, 0.15) is 0 Å². The smallest absolute Gasteiger partial charge is 0.275 e. The van der Waals surface area contributed by atoms with Gasteiger partial charge in [-0.1, -0.05) is 0 Å². The Morgan fingerprint density at radius 2 is 2.20 bits per heavy atom. The van der Waals surface area contributed by atoms with Gasteiger partial charge in [-0.3, -0.25) is 4.79 Å². The van der Waals surface area contributed by atoms with Gasteiger partial charge in [0.05, 0.1) is 17.9 Å². The molecule has 1 N–H and O–H groups in total. The lowest BCUT2D eigenvalue weighted by Crippen LogP contribution is -2.55. The zero-order valence-corrected chi connectivity index (χ0v) is 9.62. The number of rotatable bonds is 1. The molecule has 82 valence electrons. The monoisotopic (exact) mass is 226 g/mol. The van der Waals surface area contributed by atoms with E-state index in [1.165, 1.54) is 6.20 Å². The number of carbonyl (C=O) groups is 1. The van der Waals surface area contributed by atoms with Crippen molar-refractivity contribution in [3.05, 3.63) is 11.9 Å². The summed E-state index contributed by atoms with van der Waals surface area (Å²) in [6.45, 7) is 5.63. The maximum Gasteiger partial charge on any atom is 0.275 e. The number of hydrogen-bond acceptors (Lipinski definition) is 5. The molecule has 2 heterocycles. The van der Waals surface area contributed by atoms with Crippen molar-refractivity contribution in [1.82, 2.24) is 19.0 Å². The average Bonchev–Trinajstić information content (AvgIpc) is 2.67. The molecule has 2 rings (SSSR count). The minimum absolute atomic E-state index is 0.0102. The van der Waals surface area contributed by atoms with Crippen LogP contribution in [0, 0.1) is 0 Å². The van der Waals surface area contributed by atoms with Gasteiger partial charge in [-0.05, 0) is 13.8 Å². The summed E-state index contributed by atoms with van der Waals surface area (Å²) >= 11 is 1.07. The van der Waals surface area contributed by atoms with Crippen LogP contribution < -0.4 is 5.32 Å². The van der Waals surface area contributed by atoms with Crippen molar-refractivity contribution in [3.8, 4) is 0 Å². The molecule has 0 aromatic carbocycles. The van der Waals surface area contributed by atoms with Crippen LogP contribution in [0.25, 0.3) is 0 Å². The Hall–Kier alpha value is -1.01. The number of amides is 1. The summed E-state index contributed by atoms with van der Waals surface area (Å²) < 4.78 is 7.80. The van der Waals surface area contributed by atoms with Crippen LogP contribution in [0.4, 0.5) is 0 Å². The predicted molar refractivity (Wildman–Crippen MR) is 57.9 cm³/mol. The molecule has 1 aliphatic rings. The second-order valence-corrected chi connectivity index (χ2v) is 4.53. The van der Waals surface area contributed by atoms with Crippen molar-refractivity contribution in [1.29, 1.82) is 0 Å². The lowest BCUT2D eigenvalue weighted by atomic mass is 10.1. The Morgan fingerprint density at radius 3 is 2.73 bits per heavy atom. The quantitative estimate of drug-likeness (QED) is 0.751. The van der Waals surface area contributed by atoms with Gasteiger partial charge in [-0.25, -0.2) is 0 Å². The topological polar surface area (TPSA) is 58.1 Å². The lowest BCUT2D eigenvalue weighted by molar-refractivity contribution is 0.0669. The third kappa shape index (κ3) is 2.32. The van der Waals surface area contributed by atoms with Crippen LogP contribution in [0.15, 0.2) is 6.20 Å². The van der Waals surface area contributed by atoms with E-state index in [0.29, 0.717) is 17.8 Å². The van der Waals surface area contributed by atoms with Crippen LogP contribution in [0.1, 0.15) is 24.3 Å². The molecule has 15 heavy (non-hydrogen) atoms. The molecule has 0 saturated carbocycles. The molecule has 6 heteroatoms. The van der Waals surface area contributed by atoms with Gasteiger partial charge < -0.3 is 10.2 Å². The second-order valence-electron chi connectivity index (χ2n) is 3.97. The first-order chi connectivity index (χ1) is 7.16. The summed E-state index contributed by atoms with van der Waals surface area (Å²) in [5, 5.41) is 3.38. The molecule has 0 aliphatic carbocycles. The van der Waals surface area contributed by atoms with E-state index in [1.807, 2.05) is 4.90 Å². The van der Waals surface area contributed by atoms with E-state index in [9.17, 15) is 4.79 Å². The molecule has 1 aliphatic heterocycles. The highest BCUT2D eigenvalue weighted by Crippen LogP contribution is 2.08. The first kappa shape index (κ1) is 10.5. The predicted octanol–water partition coefficient (Wildman–Crippen LogP) is 0.360. The highest BCUT2D eigenvalue weighted by atomic mass is 32.1. The average molecular weight is 226 g/mol. The SMILES string of the molecule is CC1CN(C(=O)c2cnsn2)CC(C)N1. The van der Waals surface area contributed by atoms with Crippen LogP contribution in [0.2, 0.25) is 0 Å². The highest BCUT2D eigenvalue weighted by Gasteiger charge is 2.26. The molecule has 5 nitrogen and oxygen atoms in total. The molecule has 2 atom stereocenters. The van der Waals surface area contributed by atoms with Crippen LogP contribution >= 0.6 is 11.7 Å². The molecule has 1 amide bonds. The van der Waals surface area contributed by atoms with Gasteiger partial charge in [0, 0.05) is 25.2 Å². The number of aromatic nitrogens is 2. The fourth-order valence-corrected chi connectivity index (χ4v) is 2.32. The van der Waals surface area contributed by atoms with E-state index in [1.54, 1.807) is 0 Å². The van der Waals surface area contributed by atoms with Gasteiger partial charge in [0.25, 0.3) is 5.91 Å². The van der Waals surface area contributed by atoms with Crippen molar-refractivity contribution in [2.45, 2.75) is 25.9 Å². The van der Waals surface area contributed by atoms with Crippen LogP contribution in [0.3, 0.4) is 0 Å². The van der Waals surface area contributed by atoms with Crippen molar-refractivity contribution in [2.75, 3.05) is 13.1 Å². The zero-order valence-electron chi connectivity index (χ0n) is 8.80. The standard InChI is InChI=1S/C9H14N4OS/c1-6-4-13(5-7(2)11-6)9(14)8-3-10-15-12-8/h3,6-7,11H,4-5H2,1-2H3. The molecule has 1 aromatic heterocycles. The van der Waals surface area contributed by atoms with Gasteiger partial charge in [-0.2, -0.15) is 8.75 Å². The van der Waals surface area contributed by atoms with Crippen molar-refractivity contribution >= 4 is 17.6 Å². The fourth-order valence-electron chi connectivity index (χ4n) is 1.91. The number of carbonyl (C=O) groups excluding carboxylic acids is 1. The number of nitrogens with one attached hydrogen (secondary N) is 1. The molecule has 0 bridgehead atoms. The van der Waals surface area contributed by atoms with Gasteiger partial charge in [0.2, 0.25) is 0 Å². The molecule has 0 radical (unpaired) electrons. The summed E-state index contributed by atoms with van der Waals surface area (Å²) in [6, 6.07) is 0.675. The third-order valence-corrected chi connectivity index (χ3v) is 2.90. The zero-order chi connectivity index (χ0) is 10.8. The van der Waals surface area contributed by atoms with Gasteiger partial charge in [0.15, 0.2) is 5.69 Å². The first-order valence-electron chi connectivity index (χ1n) is 4.99. The van der Waals surface area contributed by atoms with E-state index < -0.39 is 0 Å². The minimum Gasteiger partial charge on any atom is -0.334 e. The number of nitrogens with zero attached hydrogens (tertiary/aromatic N) is 3. The van der Waals surface area contributed by atoms with Crippen LogP contribution in [-0.4, -0.2) is 44.7 Å². The summed E-state index contributed by atoms with van der Waals surface area (Å²) in [5.41, 5.74) is 0.460. The summed E-state index contributed by atoms with van der Waals surface area (Å²) in [7, 11) is 0. The first-order valence-corrected chi connectivity index (χ1v) is 5.72. The van der Waals surface area contributed by atoms with E-state index in [-0.39, 0.29) is 5.91 Å². The second kappa shape index (κ2) is 4.24. The Bertz CT molecular complexity index is 330. The maximum atomic E-state index is 12.0. The highest BCUT2D eigenvalue weighted by molar-refractivity contribution is 6.99. The van der Waals surface area contributed by atoms with E-state index in [2.05, 4.69) is 27.9 Å². The number of piperazine rings is 1. The maximum absolute atomic E-state index is 12.0. The molecular formula is C9H14N4OS. The van der Waals surface area contributed by atoms with E-state index in [4.69, 9.17) is 0 Å². The summed E-state index contributed by atoms with van der Waals surface area (Å²) in [6.07, 6.45) is 1.53. The van der Waals surface area contributed by atoms with Gasteiger partial charge in [-0.15, -0.1) is 0 Å². The molecule has 0 spiro atoms. The molecule has 1 fully saturated rings. The Balaban J connectivity index is 2.07. The Kier molecular flexibility index (Phi) is 2.97. The van der Waals surface area contributed by atoms with E-state index >= 15 is 0 Å². The van der Waals surface area contributed by atoms with Crippen molar-refractivity contribution in [3.63, 3.8) is 0 Å². The fraction of sp³-hybridized carbons (Fsp3) is 0.667. The van der Waals surface area contributed by atoms with Crippen molar-refractivity contribution < 1.29 is 4.79 Å². The molecular weight excluding hydrogens is 212 g/mol. The minimum atomic E-state index is -0.0102. The largest absolute Gasteiger partial charge is 0.334 e. The van der Waals surface area contributed by atoms with Crippen LogP contribution in [-0.2, 0) is 0 Å². The normalized spacial score (nSPS) is 26.7. The summed E-state index contributed by atoms with van der Waals surface area (Å²) in [5.74, 6) is -0.0102. The third-order valence-electron chi connectivity index (χ3n) is 2.43. The van der Waals surface area contributed by atoms with Crippen LogP contribution in [0.5, 0.6) is 0 Å². The van der Waals surface area contributed by atoms with Gasteiger partial charge >= 0.3 is 0 Å². The summed E-state index contributed by atoms with van der Waals surface area (Å²) in [4.78, 5) is 13.8. The Labute approximate surface area is 92.8 Å².